The molecule has 33 heavy (non-hydrogen) atoms. The van der Waals surface area contributed by atoms with E-state index in [0.29, 0.717) is 5.56 Å². The Balaban J connectivity index is 1.55. The van der Waals surface area contributed by atoms with E-state index in [1.54, 1.807) is 0 Å². The standard InChI is InChI=1S/C29H16Br2N2/c30-20-8-13-28-26(15-20)27-16-21(31)9-14-29(27)33(28)22-10-5-18(6-11-22)24-12-7-19(17-32)23-3-1-2-4-25(23)24/h1-16H. The lowest BCUT2D eigenvalue weighted by Gasteiger charge is -2.11. The van der Waals surface area contributed by atoms with Crippen LogP contribution in [0.1, 0.15) is 5.56 Å². The fraction of sp³-hybridized carbons (Fsp3) is 0. The van der Waals surface area contributed by atoms with Gasteiger partial charge in [0.1, 0.15) is 0 Å². The molecule has 0 aliphatic heterocycles. The first-order valence-electron chi connectivity index (χ1n) is 10.6. The van der Waals surface area contributed by atoms with Crippen LogP contribution in [0.3, 0.4) is 0 Å². The molecule has 6 rings (SSSR count). The third-order valence-electron chi connectivity index (χ3n) is 6.17. The van der Waals surface area contributed by atoms with Crippen molar-refractivity contribution in [2.45, 2.75) is 0 Å². The predicted molar refractivity (Wildman–Crippen MR) is 144 cm³/mol. The topological polar surface area (TPSA) is 28.7 Å². The molecule has 4 heteroatoms. The van der Waals surface area contributed by atoms with Crippen LogP contribution in [0.15, 0.2) is 106 Å². The van der Waals surface area contributed by atoms with E-state index in [-0.39, 0.29) is 0 Å². The van der Waals surface area contributed by atoms with Gasteiger partial charge in [0.15, 0.2) is 0 Å². The molecule has 0 saturated carbocycles. The fourth-order valence-electron chi connectivity index (χ4n) is 4.68. The first-order chi connectivity index (χ1) is 16.1. The van der Waals surface area contributed by atoms with Crippen LogP contribution in [0.25, 0.3) is 49.4 Å². The summed E-state index contributed by atoms with van der Waals surface area (Å²) in [5, 5.41) is 14.0. The van der Waals surface area contributed by atoms with Gasteiger partial charge in [-0.05, 0) is 71.1 Å². The molecule has 0 aliphatic carbocycles. The number of benzene rings is 5. The normalized spacial score (nSPS) is 11.3. The van der Waals surface area contributed by atoms with E-state index in [1.807, 2.05) is 30.3 Å². The van der Waals surface area contributed by atoms with Gasteiger partial charge in [-0.25, -0.2) is 0 Å². The number of hydrogen-bond donors (Lipinski definition) is 0. The van der Waals surface area contributed by atoms with Crippen LogP contribution in [-0.2, 0) is 0 Å². The van der Waals surface area contributed by atoms with Crippen LogP contribution in [0.5, 0.6) is 0 Å². The second kappa shape index (κ2) is 7.88. The number of fused-ring (bicyclic) bond motifs is 4. The van der Waals surface area contributed by atoms with E-state index in [9.17, 15) is 5.26 Å². The Morgan fingerprint density at radius 2 is 1.21 bits per heavy atom. The molecule has 0 spiro atoms. The molecule has 0 aliphatic rings. The van der Waals surface area contributed by atoms with E-state index < -0.39 is 0 Å². The van der Waals surface area contributed by atoms with Crippen LogP contribution in [0.4, 0.5) is 0 Å². The van der Waals surface area contributed by atoms with Crippen LogP contribution in [0.2, 0.25) is 0 Å². The summed E-state index contributed by atoms with van der Waals surface area (Å²) in [7, 11) is 0. The van der Waals surface area contributed by atoms with Crippen molar-refractivity contribution in [2.75, 3.05) is 0 Å². The van der Waals surface area contributed by atoms with Crippen LogP contribution in [-0.4, -0.2) is 4.57 Å². The highest BCUT2D eigenvalue weighted by atomic mass is 79.9. The molecule has 0 radical (unpaired) electrons. The lowest BCUT2D eigenvalue weighted by atomic mass is 9.95. The highest BCUT2D eigenvalue weighted by Crippen LogP contribution is 2.36. The zero-order valence-corrected chi connectivity index (χ0v) is 20.6. The van der Waals surface area contributed by atoms with Gasteiger partial charge in [-0.15, -0.1) is 0 Å². The molecule has 1 aromatic heterocycles. The van der Waals surface area contributed by atoms with Crippen molar-refractivity contribution >= 4 is 64.4 Å². The summed E-state index contributed by atoms with van der Waals surface area (Å²) in [6.07, 6.45) is 0. The van der Waals surface area contributed by atoms with Gasteiger partial charge >= 0.3 is 0 Å². The minimum absolute atomic E-state index is 0.702. The minimum Gasteiger partial charge on any atom is -0.309 e. The first kappa shape index (κ1) is 20.2. The van der Waals surface area contributed by atoms with Gasteiger partial charge in [0.2, 0.25) is 0 Å². The zero-order valence-electron chi connectivity index (χ0n) is 17.4. The van der Waals surface area contributed by atoms with E-state index in [4.69, 9.17) is 0 Å². The van der Waals surface area contributed by atoms with E-state index >= 15 is 0 Å². The Morgan fingerprint density at radius 3 is 1.82 bits per heavy atom. The molecule has 0 unspecified atom stereocenters. The maximum atomic E-state index is 9.49. The smallest absolute Gasteiger partial charge is 0.0998 e. The molecule has 0 atom stereocenters. The molecule has 0 N–H and O–H groups in total. The molecular formula is C29H16Br2N2. The van der Waals surface area contributed by atoms with Gasteiger partial charge in [-0.1, -0.05) is 74.3 Å². The quantitative estimate of drug-likeness (QED) is 0.211. The summed E-state index contributed by atoms with van der Waals surface area (Å²) >= 11 is 7.25. The highest BCUT2D eigenvalue weighted by Gasteiger charge is 2.14. The number of nitriles is 1. The largest absolute Gasteiger partial charge is 0.309 e. The monoisotopic (exact) mass is 550 g/mol. The summed E-state index contributed by atoms with van der Waals surface area (Å²) in [6.45, 7) is 0. The molecule has 0 bridgehead atoms. The molecule has 0 amide bonds. The summed E-state index contributed by atoms with van der Waals surface area (Å²) in [5.41, 5.74) is 6.41. The minimum atomic E-state index is 0.702. The van der Waals surface area contributed by atoms with Gasteiger partial charge in [-0.3, -0.25) is 0 Å². The van der Waals surface area contributed by atoms with Crippen molar-refractivity contribution in [3.05, 3.63) is 112 Å². The molecule has 156 valence electrons. The predicted octanol–water partition coefficient (Wildman–Crippen LogP) is 9.00. The second-order valence-corrected chi connectivity index (χ2v) is 9.85. The summed E-state index contributed by atoms with van der Waals surface area (Å²) < 4.78 is 4.44. The average Bonchev–Trinajstić information content (AvgIpc) is 3.16. The number of nitrogens with zero attached hydrogens (tertiary/aromatic N) is 2. The van der Waals surface area contributed by atoms with Gasteiger partial charge < -0.3 is 4.57 Å². The lowest BCUT2D eigenvalue weighted by molar-refractivity contribution is 1.18. The fourth-order valence-corrected chi connectivity index (χ4v) is 5.41. The van der Waals surface area contributed by atoms with Crippen molar-refractivity contribution in [1.29, 1.82) is 5.26 Å². The molecule has 6 aromatic rings. The summed E-state index contributed by atoms with van der Waals surface area (Å²) in [6, 6.07) is 35.9. The van der Waals surface area contributed by atoms with Gasteiger partial charge in [0, 0.05) is 30.8 Å². The van der Waals surface area contributed by atoms with Gasteiger partial charge in [0.05, 0.1) is 22.7 Å². The molecule has 5 aromatic carbocycles. The number of aromatic nitrogens is 1. The van der Waals surface area contributed by atoms with Gasteiger partial charge in [-0.2, -0.15) is 5.26 Å². The van der Waals surface area contributed by atoms with Crippen LogP contribution < -0.4 is 0 Å². The first-order valence-corrected chi connectivity index (χ1v) is 12.1. The molecule has 0 saturated heterocycles. The Hall–Kier alpha value is -3.39. The van der Waals surface area contributed by atoms with Gasteiger partial charge in [0.25, 0.3) is 0 Å². The Morgan fingerprint density at radius 1 is 0.606 bits per heavy atom. The lowest BCUT2D eigenvalue weighted by Crippen LogP contribution is -1.94. The third kappa shape index (κ3) is 3.28. The van der Waals surface area contributed by atoms with Crippen molar-refractivity contribution in [3.8, 4) is 22.9 Å². The molecule has 1 heterocycles. The molecular weight excluding hydrogens is 536 g/mol. The van der Waals surface area contributed by atoms with Crippen molar-refractivity contribution in [2.24, 2.45) is 0 Å². The summed E-state index contributed by atoms with van der Waals surface area (Å²) in [4.78, 5) is 0. The maximum Gasteiger partial charge on any atom is 0.0998 e. The third-order valence-corrected chi connectivity index (χ3v) is 7.16. The van der Waals surface area contributed by atoms with Crippen LogP contribution in [0, 0.1) is 11.3 Å². The Labute approximate surface area is 208 Å². The second-order valence-electron chi connectivity index (χ2n) is 8.02. The average molecular weight is 552 g/mol. The maximum absolute atomic E-state index is 9.49. The molecule has 2 nitrogen and oxygen atoms in total. The van der Waals surface area contributed by atoms with Crippen LogP contribution >= 0.6 is 31.9 Å². The summed E-state index contributed by atoms with van der Waals surface area (Å²) in [5.74, 6) is 0. The number of halogens is 2. The van der Waals surface area contributed by atoms with Crippen molar-refractivity contribution in [1.82, 2.24) is 4.57 Å². The van der Waals surface area contributed by atoms with Crippen molar-refractivity contribution < 1.29 is 0 Å². The van der Waals surface area contributed by atoms with E-state index in [1.165, 1.54) is 21.8 Å². The number of rotatable bonds is 2. The SMILES string of the molecule is N#Cc1ccc(-c2ccc(-n3c4ccc(Br)cc4c4cc(Br)ccc43)cc2)c2ccccc12. The Kier molecular flexibility index (Phi) is 4.83. The molecule has 0 fully saturated rings. The highest BCUT2D eigenvalue weighted by molar-refractivity contribution is 9.10. The number of hydrogen-bond acceptors (Lipinski definition) is 1. The van der Waals surface area contributed by atoms with Crippen molar-refractivity contribution in [3.63, 3.8) is 0 Å². The van der Waals surface area contributed by atoms with E-state index in [0.717, 1.165) is 36.5 Å². The Bertz CT molecular complexity index is 1680. The zero-order chi connectivity index (χ0) is 22.5. The van der Waals surface area contributed by atoms with E-state index in [2.05, 4.69) is 109 Å².